The van der Waals surface area contributed by atoms with Crippen LogP contribution in [0.1, 0.15) is 53.0 Å². The van der Waals surface area contributed by atoms with E-state index in [1.807, 2.05) is 18.2 Å². The van der Waals surface area contributed by atoms with E-state index >= 15 is 0 Å². The lowest BCUT2D eigenvalue weighted by Crippen LogP contribution is -2.41. The fourth-order valence-electron chi connectivity index (χ4n) is 3.52. The van der Waals surface area contributed by atoms with E-state index in [0.29, 0.717) is 17.8 Å². The topological polar surface area (TPSA) is 33.3 Å². The summed E-state index contributed by atoms with van der Waals surface area (Å²) in [6.07, 6.45) is 4.95. The summed E-state index contributed by atoms with van der Waals surface area (Å²) in [5, 5.41) is 7.24. The number of benzene rings is 1. The molecule has 162 valence electrons. The summed E-state index contributed by atoms with van der Waals surface area (Å²) in [5.74, 6) is 2.52. The predicted octanol–water partition coefficient (Wildman–Crippen LogP) is 6.10. The first-order valence-electron chi connectivity index (χ1n) is 10.8. The van der Waals surface area contributed by atoms with Gasteiger partial charge in [0.1, 0.15) is 5.75 Å². The van der Waals surface area contributed by atoms with Crippen molar-refractivity contribution in [3.8, 4) is 5.75 Å². The van der Waals surface area contributed by atoms with Gasteiger partial charge in [-0.05, 0) is 54.7 Å². The van der Waals surface area contributed by atoms with E-state index in [-0.39, 0.29) is 12.1 Å². The summed E-state index contributed by atoms with van der Waals surface area (Å²) < 4.78 is 5.25. The molecule has 0 bridgehead atoms. The number of ether oxygens (including phenoxy) is 1. The maximum atomic E-state index is 5.25. The number of allylic oxidation sites excluding steroid dienone is 1. The van der Waals surface area contributed by atoms with Crippen LogP contribution in [0.3, 0.4) is 0 Å². The molecule has 0 heterocycles. The zero-order chi connectivity index (χ0) is 22.0. The number of methoxy groups -OCH3 is 1. The van der Waals surface area contributed by atoms with Crippen molar-refractivity contribution in [3.05, 3.63) is 67.0 Å². The monoisotopic (exact) mass is 398 g/mol. The molecule has 0 aliphatic carbocycles. The highest BCUT2D eigenvalue weighted by Crippen LogP contribution is 2.20. The Kier molecular flexibility index (Phi) is 10.6. The summed E-state index contributed by atoms with van der Waals surface area (Å²) in [4.78, 5) is 0. The fraction of sp³-hybridized carbons (Fsp3) is 0.538. The normalized spacial score (nSPS) is 14.2. The molecule has 2 N–H and O–H groups in total. The van der Waals surface area contributed by atoms with Gasteiger partial charge in [-0.3, -0.25) is 0 Å². The number of rotatable bonds is 14. The molecule has 1 aromatic carbocycles. The molecule has 0 aliphatic rings. The molecule has 29 heavy (non-hydrogen) atoms. The van der Waals surface area contributed by atoms with Crippen LogP contribution in [0.4, 0.5) is 0 Å². The van der Waals surface area contributed by atoms with Crippen LogP contribution < -0.4 is 15.4 Å². The predicted molar refractivity (Wildman–Crippen MR) is 127 cm³/mol. The van der Waals surface area contributed by atoms with Crippen LogP contribution in [0.2, 0.25) is 0 Å². The van der Waals surface area contributed by atoms with Gasteiger partial charge in [-0.2, -0.15) is 0 Å². The van der Waals surface area contributed by atoms with Crippen LogP contribution in [0.5, 0.6) is 5.75 Å². The number of hydrogen-bond donors (Lipinski definition) is 2. The van der Waals surface area contributed by atoms with Gasteiger partial charge in [0.15, 0.2) is 0 Å². The van der Waals surface area contributed by atoms with E-state index < -0.39 is 0 Å². The molecule has 0 fully saturated rings. The highest BCUT2D eigenvalue weighted by Gasteiger charge is 2.19. The molecule has 0 radical (unpaired) electrons. The SMILES string of the molecule is C=CC(Cc1ccc(OC)cc1)NC(=C)[C@H](CC(C)C)NC(=C)C(C)CC(C)C. The Bertz CT molecular complexity index is 645. The number of nitrogens with one attached hydrogen (secondary N) is 2. The third-order valence-corrected chi connectivity index (χ3v) is 5.18. The minimum Gasteiger partial charge on any atom is -0.497 e. The highest BCUT2D eigenvalue weighted by molar-refractivity contribution is 5.28. The zero-order valence-electron chi connectivity index (χ0n) is 19.4. The summed E-state index contributed by atoms with van der Waals surface area (Å²) in [6, 6.07) is 8.45. The average molecular weight is 399 g/mol. The molecule has 0 aliphatic heterocycles. The number of hydrogen-bond acceptors (Lipinski definition) is 3. The van der Waals surface area contributed by atoms with Crippen molar-refractivity contribution >= 4 is 0 Å². The van der Waals surface area contributed by atoms with Gasteiger partial charge in [-0.15, -0.1) is 6.58 Å². The second-order valence-corrected chi connectivity index (χ2v) is 8.95. The summed E-state index contributed by atoms with van der Waals surface area (Å²) in [7, 11) is 1.69. The lowest BCUT2D eigenvalue weighted by Gasteiger charge is -2.30. The molecule has 3 heteroatoms. The van der Waals surface area contributed by atoms with Crippen molar-refractivity contribution in [2.24, 2.45) is 17.8 Å². The zero-order valence-corrected chi connectivity index (χ0v) is 19.4. The Balaban J connectivity index is 2.77. The van der Waals surface area contributed by atoms with Crippen LogP contribution in [0.15, 0.2) is 61.5 Å². The van der Waals surface area contributed by atoms with Crippen LogP contribution in [-0.4, -0.2) is 19.2 Å². The molecular weight excluding hydrogens is 356 g/mol. The Labute approximate surface area is 179 Å². The second-order valence-electron chi connectivity index (χ2n) is 8.95. The van der Waals surface area contributed by atoms with Crippen molar-refractivity contribution in [1.82, 2.24) is 10.6 Å². The van der Waals surface area contributed by atoms with E-state index in [9.17, 15) is 0 Å². The van der Waals surface area contributed by atoms with Gasteiger partial charge in [0.2, 0.25) is 0 Å². The first-order chi connectivity index (χ1) is 13.7. The van der Waals surface area contributed by atoms with Gasteiger partial charge in [0, 0.05) is 17.4 Å². The molecule has 1 aromatic rings. The van der Waals surface area contributed by atoms with Crippen molar-refractivity contribution in [3.63, 3.8) is 0 Å². The largest absolute Gasteiger partial charge is 0.497 e. The molecule has 0 aromatic heterocycles. The van der Waals surface area contributed by atoms with E-state index in [4.69, 9.17) is 4.74 Å². The minimum absolute atomic E-state index is 0.119. The van der Waals surface area contributed by atoms with Crippen molar-refractivity contribution in [2.45, 2.75) is 66.0 Å². The van der Waals surface area contributed by atoms with E-state index in [2.05, 4.69) is 77.1 Å². The van der Waals surface area contributed by atoms with Crippen LogP contribution in [0, 0.1) is 17.8 Å². The Morgan fingerprint density at radius 3 is 2.00 bits per heavy atom. The van der Waals surface area contributed by atoms with Crippen molar-refractivity contribution < 1.29 is 4.74 Å². The second kappa shape index (κ2) is 12.4. The standard InChI is InChI=1S/C26H42N2O/c1-10-24(17-23-11-13-25(29-9)14-12-23)27-22(8)26(16-19(4)5)28-21(7)20(6)15-18(2)3/h10-14,18-20,24,26-28H,1,7-8,15-17H2,2-6,9H3/t20?,24?,26-/m0/s1. The molecular formula is C26H42N2O. The molecule has 0 amide bonds. The van der Waals surface area contributed by atoms with Gasteiger partial charge in [0.05, 0.1) is 13.2 Å². The maximum Gasteiger partial charge on any atom is 0.118 e. The molecule has 0 spiro atoms. The van der Waals surface area contributed by atoms with E-state index in [1.165, 1.54) is 5.56 Å². The van der Waals surface area contributed by atoms with Gasteiger partial charge in [-0.25, -0.2) is 0 Å². The Morgan fingerprint density at radius 2 is 1.52 bits per heavy atom. The van der Waals surface area contributed by atoms with Gasteiger partial charge in [0.25, 0.3) is 0 Å². The van der Waals surface area contributed by atoms with Crippen molar-refractivity contribution in [1.29, 1.82) is 0 Å². The van der Waals surface area contributed by atoms with E-state index in [0.717, 1.165) is 36.4 Å². The third kappa shape index (κ3) is 9.25. The quantitative estimate of drug-likeness (QED) is 0.372. The van der Waals surface area contributed by atoms with Crippen molar-refractivity contribution in [2.75, 3.05) is 7.11 Å². The summed E-state index contributed by atoms with van der Waals surface area (Å²) in [5.41, 5.74) is 3.33. The van der Waals surface area contributed by atoms with Crippen LogP contribution >= 0.6 is 0 Å². The van der Waals surface area contributed by atoms with Gasteiger partial charge < -0.3 is 15.4 Å². The maximum absolute atomic E-state index is 5.25. The average Bonchev–Trinajstić information content (AvgIpc) is 2.66. The molecule has 3 nitrogen and oxygen atoms in total. The molecule has 0 saturated carbocycles. The molecule has 0 saturated heterocycles. The summed E-state index contributed by atoms with van der Waals surface area (Å²) >= 11 is 0. The first kappa shape index (κ1) is 24.9. The summed E-state index contributed by atoms with van der Waals surface area (Å²) in [6.45, 7) is 23.9. The van der Waals surface area contributed by atoms with Gasteiger partial charge in [-0.1, -0.05) is 66.0 Å². The minimum atomic E-state index is 0.119. The molecule has 2 unspecified atom stereocenters. The lowest BCUT2D eigenvalue weighted by molar-refractivity contribution is 0.413. The smallest absolute Gasteiger partial charge is 0.118 e. The van der Waals surface area contributed by atoms with Crippen LogP contribution in [0.25, 0.3) is 0 Å². The lowest BCUT2D eigenvalue weighted by atomic mass is 9.94. The first-order valence-corrected chi connectivity index (χ1v) is 10.8. The van der Waals surface area contributed by atoms with Gasteiger partial charge >= 0.3 is 0 Å². The highest BCUT2D eigenvalue weighted by atomic mass is 16.5. The molecule has 3 atom stereocenters. The Morgan fingerprint density at radius 1 is 0.931 bits per heavy atom. The Hall–Kier alpha value is -2.16. The fourth-order valence-corrected chi connectivity index (χ4v) is 3.52. The van der Waals surface area contributed by atoms with E-state index in [1.54, 1.807) is 7.11 Å². The molecule has 1 rings (SSSR count). The van der Waals surface area contributed by atoms with Crippen LogP contribution in [-0.2, 0) is 6.42 Å². The third-order valence-electron chi connectivity index (χ3n) is 5.18.